The van der Waals surface area contributed by atoms with Gasteiger partial charge in [-0.3, -0.25) is 4.79 Å². The van der Waals surface area contributed by atoms with Gasteiger partial charge in [0.25, 0.3) is 5.89 Å². The average molecular weight is 431 g/mol. The molecule has 0 unspecified atom stereocenters. The van der Waals surface area contributed by atoms with Crippen molar-refractivity contribution in [2.75, 3.05) is 31.5 Å². The van der Waals surface area contributed by atoms with E-state index < -0.39 is 0 Å². The van der Waals surface area contributed by atoms with Gasteiger partial charge in [-0.1, -0.05) is 24.2 Å². The molecule has 8 nitrogen and oxygen atoms in total. The van der Waals surface area contributed by atoms with E-state index in [9.17, 15) is 10.1 Å². The predicted molar refractivity (Wildman–Crippen MR) is 122 cm³/mol. The summed E-state index contributed by atoms with van der Waals surface area (Å²) < 4.78 is 5.50. The molecule has 32 heavy (non-hydrogen) atoms. The number of hydrogen-bond donors (Lipinski definition) is 2. The molecule has 2 heterocycles. The van der Waals surface area contributed by atoms with Crippen LogP contribution in [0.5, 0.6) is 0 Å². The molecule has 1 aromatic heterocycles. The Morgan fingerprint density at radius 2 is 1.97 bits per heavy atom. The number of carbonyl (C=O) groups excluding carboxylic acids is 1. The van der Waals surface area contributed by atoms with E-state index in [1.54, 1.807) is 6.07 Å². The van der Waals surface area contributed by atoms with E-state index in [1.807, 2.05) is 23.1 Å². The SMILES string of the molecule is CCCNc1ccc(-c2nc(-c3ccc4c(c3)CCN(C(=O)CN)CC4)no2)cc1C#N. The smallest absolute Gasteiger partial charge is 0.258 e. The summed E-state index contributed by atoms with van der Waals surface area (Å²) >= 11 is 0. The molecule has 0 radical (unpaired) electrons. The highest BCUT2D eigenvalue weighted by atomic mass is 16.5. The molecule has 0 saturated carbocycles. The van der Waals surface area contributed by atoms with E-state index in [-0.39, 0.29) is 12.5 Å². The number of nitriles is 1. The molecule has 1 amide bonds. The van der Waals surface area contributed by atoms with Crippen molar-refractivity contribution in [3.8, 4) is 28.9 Å². The third-order valence-corrected chi connectivity index (χ3v) is 5.67. The molecule has 1 aliphatic heterocycles. The lowest BCUT2D eigenvalue weighted by molar-refractivity contribution is -0.129. The minimum Gasteiger partial charge on any atom is -0.384 e. The van der Waals surface area contributed by atoms with Crippen LogP contribution in [0.15, 0.2) is 40.9 Å². The summed E-state index contributed by atoms with van der Waals surface area (Å²) in [5.41, 5.74) is 10.8. The van der Waals surface area contributed by atoms with Crippen LogP contribution in [0.25, 0.3) is 22.8 Å². The molecule has 3 aromatic rings. The number of nitrogens with zero attached hydrogens (tertiary/aromatic N) is 4. The molecule has 3 N–H and O–H groups in total. The van der Waals surface area contributed by atoms with Gasteiger partial charge in [0.05, 0.1) is 17.8 Å². The first-order chi connectivity index (χ1) is 15.6. The zero-order valence-electron chi connectivity index (χ0n) is 18.1. The molecular weight excluding hydrogens is 404 g/mol. The first-order valence-corrected chi connectivity index (χ1v) is 10.8. The van der Waals surface area contributed by atoms with Crippen molar-refractivity contribution in [3.63, 3.8) is 0 Å². The summed E-state index contributed by atoms with van der Waals surface area (Å²) in [5.74, 6) is 0.843. The van der Waals surface area contributed by atoms with Crippen LogP contribution < -0.4 is 11.1 Å². The van der Waals surface area contributed by atoms with Crippen LogP contribution in [0.1, 0.15) is 30.0 Å². The molecule has 2 aromatic carbocycles. The Hall–Kier alpha value is -3.70. The van der Waals surface area contributed by atoms with Gasteiger partial charge in [0.2, 0.25) is 11.7 Å². The lowest BCUT2D eigenvalue weighted by Gasteiger charge is -2.18. The van der Waals surface area contributed by atoms with Gasteiger partial charge >= 0.3 is 0 Å². The van der Waals surface area contributed by atoms with Gasteiger partial charge in [-0.15, -0.1) is 0 Å². The minimum absolute atomic E-state index is 0.0199. The lowest BCUT2D eigenvalue weighted by atomic mass is 10.00. The number of aromatic nitrogens is 2. The van der Waals surface area contributed by atoms with Crippen molar-refractivity contribution in [1.29, 1.82) is 5.26 Å². The molecule has 4 rings (SSSR count). The predicted octanol–water partition coefficient (Wildman–Crippen LogP) is 2.98. The van der Waals surface area contributed by atoms with Crippen LogP contribution in [-0.4, -0.2) is 47.1 Å². The van der Waals surface area contributed by atoms with Crippen molar-refractivity contribution in [2.24, 2.45) is 5.73 Å². The van der Waals surface area contributed by atoms with Gasteiger partial charge in [0.1, 0.15) is 6.07 Å². The van der Waals surface area contributed by atoms with Crippen molar-refractivity contribution in [3.05, 3.63) is 53.1 Å². The number of nitrogens with one attached hydrogen (secondary N) is 1. The van der Waals surface area contributed by atoms with Gasteiger partial charge < -0.3 is 20.5 Å². The summed E-state index contributed by atoms with van der Waals surface area (Å²) in [6.45, 7) is 4.25. The molecule has 0 spiro atoms. The zero-order valence-corrected chi connectivity index (χ0v) is 18.1. The second-order valence-corrected chi connectivity index (χ2v) is 7.79. The fourth-order valence-electron chi connectivity index (χ4n) is 3.88. The van der Waals surface area contributed by atoms with Crippen LogP contribution in [0, 0.1) is 11.3 Å². The first kappa shape index (κ1) is 21.5. The van der Waals surface area contributed by atoms with Gasteiger partial charge in [-0.05, 0) is 54.7 Å². The fraction of sp³-hybridized carbons (Fsp3) is 0.333. The number of nitrogens with two attached hydrogens (primary N) is 1. The second-order valence-electron chi connectivity index (χ2n) is 7.79. The van der Waals surface area contributed by atoms with Crippen molar-refractivity contribution >= 4 is 11.6 Å². The maximum atomic E-state index is 12.0. The number of amides is 1. The first-order valence-electron chi connectivity index (χ1n) is 10.8. The number of hydrogen-bond acceptors (Lipinski definition) is 7. The minimum atomic E-state index is -0.0199. The molecule has 8 heteroatoms. The highest BCUT2D eigenvalue weighted by Crippen LogP contribution is 2.28. The third kappa shape index (κ3) is 4.48. The van der Waals surface area contributed by atoms with Gasteiger partial charge in [0.15, 0.2) is 0 Å². The molecule has 0 fully saturated rings. The normalized spacial score (nSPS) is 13.2. The highest BCUT2D eigenvalue weighted by Gasteiger charge is 2.19. The maximum Gasteiger partial charge on any atom is 0.258 e. The number of benzene rings is 2. The number of anilines is 1. The topological polar surface area (TPSA) is 121 Å². The Bertz CT molecular complexity index is 1160. The van der Waals surface area contributed by atoms with E-state index in [2.05, 4.69) is 40.6 Å². The average Bonchev–Trinajstić information content (AvgIpc) is 3.23. The molecule has 164 valence electrons. The number of rotatable bonds is 6. The molecule has 0 atom stereocenters. The lowest BCUT2D eigenvalue weighted by Crippen LogP contribution is -2.37. The van der Waals surface area contributed by atoms with Crippen LogP contribution in [-0.2, 0) is 17.6 Å². The molecule has 1 aliphatic rings. The van der Waals surface area contributed by atoms with Crippen LogP contribution in [0.2, 0.25) is 0 Å². The molecular formula is C24H26N6O2. The van der Waals surface area contributed by atoms with E-state index in [0.717, 1.165) is 37.1 Å². The van der Waals surface area contributed by atoms with Gasteiger partial charge in [0, 0.05) is 30.8 Å². The van der Waals surface area contributed by atoms with E-state index in [0.29, 0.717) is 35.9 Å². The standard InChI is InChI=1S/C24H26N6O2/c1-2-9-27-21-6-5-19(13-20(21)14-25)24-28-23(29-32-24)18-4-3-16-7-10-30(22(31)15-26)11-8-17(16)12-18/h3-6,12-13,27H,2,7-11,15,26H2,1H3. The number of fused-ring (bicyclic) bond motifs is 1. The van der Waals surface area contributed by atoms with Crippen LogP contribution >= 0.6 is 0 Å². The Morgan fingerprint density at radius 1 is 1.19 bits per heavy atom. The largest absolute Gasteiger partial charge is 0.384 e. The van der Waals surface area contributed by atoms with E-state index in [4.69, 9.17) is 10.3 Å². The van der Waals surface area contributed by atoms with E-state index >= 15 is 0 Å². The van der Waals surface area contributed by atoms with Crippen LogP contribution in [0.3, 0.4) is 0 Å². The Kier molecular flexibility index (Phi) is 6.47. The highest BCUT2D eigenvalue weighted by molar-refractivity contribution is 5.78. The molecule has 0 saturated heterocycles. The monoisotopic (exact) mass is 430 g/mol. The zero-order chi connectivity index (χ0) is 22.5. The molecule has 0 bridgehead atoms. The summed E-state index contributed by atoms with van der Waals surface area (Å²) in [5, 5.41) is 16.9. The summed E-state index contributed by atoms with van der Waals surface area (Å²) in [7, 11) is 0. The fourth-order valence-corrected chi connectivity index (χ4v) is 3.88. The summed E-state index contributed by atoms with van der Waals surface area (Å²) in [4.78, 5) is 18.3. The maximum absolute atomic E-state index is 12.0. The Morgan fingerprint density at radius 3 is 2.72 bits per heavy atom. The summed E-state index contributed by atoms with van der Waals surface area (Å²) in [6.07, 6.45) is 2.54. The quantitative estimate of drug-likeness (QED) is 0.616. The second kappa shape index (κ2) is 9.62. The van der Waals surface area contributed by atoms with Crippen molar-refractivity contribution in [1.82, 2.24) is 15.0 Å². The number of carbonyl (C=O) groups is 1. The Balaban J connectivity index is 1.56. The van der Waals surface area contributed by atoms with Crippen LogP contribution in [0.4, 0.5) is 5.69 Å². The van der Waals surface area contributed by atoms with Gasteiger partial charge in [-0.2, -0.15) is 10.2 Å². The van der Waals surface area contributed by atoms with E-state index in [1.165, 1.54) is 11.1 Å². The van der Waals surface area contributed by atoms with Crippen molar-refractivity contribution in [2.45, 2.75) is 26.2 Å². The third-order valence-electron chi connectivity index (χ3n) is 5.67. The van der Waals surface area contributed by atoms with Crippen molar-refractivity contribution < 1.29 is 9.32 Å². The van der Waals surface area contributed by atoms with Gasteiger partial charge in [-0.25, -0.2) is 0 Å². The summed E-state index contributed by atoms with van der Waals surface area (Å²) in [6, 6.07) is 13.8. The molecule has 0 aliphatic carbocycles. The Labute approximate surface area is 187 Å².